The van der Waals surface area contributed by atoms with E-state index in [1.807, 2.05) is 0 Å². The normalized spacial score (nSPS) is 11.3. The van der Waals surface area contributed by atoms with E-state index in [1.54, 1.807) is 20.8 Å². The highest BCUT2D eigenvalue weighted by atomic mass is 28.3. The van der Waals surface area contributed by atoms with Gasteiger partial charge in [-0.25, -0.2) is 0 Å². The third-order valence-corrected chi connectivity index (χ3v) is 2.92. The molecule has 0 aliphatic rings. The maximum atomic E-state index is 10.7. The molecule has 0 aliphatic heterocycles. The maximum absolute atomic E-state index is 10.7. The van der Waals surface area contributed by atoms with Crippen LogP contribution in [-0.4, -0.2) is 27.1 Å². The first-order chi connectivity index (χ1) is 6.20. The molecule has 0 amide bonds. The highest BCUT2D eigenvalue weighted by Crippen LogP contribution is 2.10. The van der Waals surface area contributed by atoms with Crippen LogP contribution in [0.15, 0.2) is 0 Å². The highest BCUT2D eigenvalue weighted by molar-refractivity contribution is 6.41. The molecule has 82 valence electrons. The first-order valence-electron chi connectivity index (χ1n) is 4.23. The molecule has 0 spiro atoms. The highest BCUT2D eigenvalue weighted by Gasteiger charge is 2.28. The van der Waals surface area contributed by atoms with Gasteiger partial charge in [-0.3, -0.25) is 9.59 Å². The average Bonchev–Trinajstić information content (AvgIpc) is 1.77. The average molecular weight is 220 g/mol. The number of hydrogen-bond acceptors (Lipinski definition) is 5. The summed E-state index contributed by atoms with van der Waals surface area (Å²) in [6, 6.07) is 0. The smallest absolute Gasteiger partial charge is 0.467 e. The molecule has 0 aromatic carbocycles. The predicted octanol–water partition coefficient (Wildman–Crippen LogP) is 0.645. The van der Waals surface area contributed by atoms with Crippen LogP contribution in [0.25, 0.3) is 0 Å². The molecular weight excluding hydrogens is 204 g/mol. The van der Waals surface area contributed by atoms with Crippen molar-refractivity contribution in [3.8, 4) is 0 Å². The second-order valence-corrected chi connectivity index (χ2v) is 5.02. The summed E-state index contributed by atoms with van der Waals surface area (Å²) in [6.07, 6.45) is 0. The number of carbonyl (C=O) groups excluding carboxylic acids is 2. The van der Waals surface area contributed by atoms with Crippen molar-refractivity contribution in [3.63, 3.8) is 0 Å². The zero-order valence-electron chi connectivity index (χ0n) is 9.12. The lowest BCUT2D eigenvalue weighted by molar-refractivity contribution is -0.142. The Hall–Kier alpha value is -0.883. The Kier molecular flexibility index (Phi) is 4.79. The van der Waals surface area contributed by atoms with Gasteiger partial charge in [0.25, 0.3) is 11.9 Å². The largest absolute Gasteiger partial charge is 0.620 e. The molecule has 0 saturated heterocycles. The van der Waals surface area contributed by atoms with Gasteiger partial charge in [0, 0.05) is 13.8 Å². The van der Waals surface area contributed by atoms with Crippen LogP contribution >= 0.6 is 0 Å². The SMILES string of the molecule is CC(=O)O[SiH](OC(C)=O)OC(C)(C)C. The van der Waals surface area contributed by atoms with Gasteiger partial charge in [0.1, 0.15) is 0 Å². The van der Waals surface area contributed by atoms with E-state index in [4.69, 9.17) is 13.3 Å². The topological polar surface area (TPSA) is 61.8 Å². The minimum absolute atomic E-state index is 0.498. The van der Waals surface area contributed by atoms with E-state index in [0.29, 0.717) is 0 Å². The van der Waals surface area contributed by atoms with Gasteiger partial charge in [-0.1, -0.05) is 0 Å². The Morgan fingerprint density at radius 2 is 1.36 bits per heavy atom. The van der Waals surface area contributed by atoms with Gasteiger partial charge in [0.2, 0.25) is 0 Å². The summed E-state index contributed by atoms with van der Waals surface area (Å²) in [4.78, 5) is 21.3. The Labute approximate surface area is 85.3 Å². The molecule has 5 nitrogen and oxygen atoms in total. The van der Waals surface area contributed by atoms with Crippen LogP contribution in [0.1, 0.15) is 34.6 Å². The number of hydrogen-bond donors (Lipinski definition) is 0. The molecule has 0 atom stereocenters. The van der Waals surface area contributed by atoms with Crippen molar-refractivity contribution in [2.24, 2.45) is 0 Å². The molecule has 6 heteroatoms. The van der Waals surface area contributed by atoms with Crippen LogP contribution in [0.4, 0.5) is 0 Å². The van der Waals surface area contributed by atoms with Gasteiger partial charge in [0.15, 0.2) is 0 Å². The lowest BCUT2D eigenvalue weighted by Gasteiger charge is -2.24. The van der Waals surface area contributed by atoms with Crippen molar-refractivity contribution >= 4 is 21.5 Å². The second kappa shape index (κ2) is 5.11. The minimum Gasteiger partial charge on any atom is -0.467 e. The Morgan fingerprint density at radius 3 is 1.57 bits per heavy atom. The van der Waals surface area contributed by atoms with E-state index in [1.165, 1.54) is 13.8 Å². The summed E-state index contributed by atoms with van der Waals surface area (Å²) in [7, 11) is -2.67. The second-order valence-electron chi connectivity index (χ2n) is 3.74. The van der Waals surface area contributed by atoms with Crippen molar-refractivity contribution < 1.29 is 22.9 Å². The Morgan fingerprint density at radius 1 is 1.00 bits per heavy atom. The zero-order chi connectivity index (χ0) is 11.4. The molecule has 0 unspecified atom stereocenters. The molecule has 0 bridgehead atoms. The van der Waals surface area contributed by atoms with Crippen LogP contribution in [0, 0.1) is 0 Å². The van der Waals surface area contributed by atoms with E-state index in [2.05, 4.69) is 0 Å². The molecular formula is C8H16O5Si. The standard InChI is InChI=1S/C8H16O5Si/c1-6(9)11-14(12-7(2)10)13-8(3,4)5/h14H,1-5H3. The lowest BCUT2D eigenvalue weighted by atomic mass is 10.2. The van der Waals surface area contributed by atoms with E-state index in [9.17, 15) is 9.59 Å². The molecule has 0 saturated carbocycles. The van der Waals surface area contributed by atoms with Crippen molar-refractivity contribution in [2.45, 2.75) is 40.2 Å². The third-order valence-electron chi connectivity index (χ3n) is 0.974. The molecule has 0 heterocycles. The lowest BCUT2D eigenvalue weighted by Crippen LogP contribution is -2.38. The van der Waals surface area contributed by atoms with E-state index in [0.717, 1.165) is 0 Å². The fourth-order valence-corrected chi connectivity index (χ4v) is 1.90. The fourth-order valence-electron chi connectivity index (χ4n) is 0.632. The van der Waals surface area contributed by atoms with Crippen molar-refractivity contribution in [3.05, 3.63) is 0 Å². The molecule has 14 heavy (non-hydrogen) atoms. The van der Waals surface area contributed by atoms with Crippen LogP contribution in [0.3, 0.4) is 0 Å². The summed E-state index contributed by atoms with van der Waals surface area (Å²) in [5.74, 6) is -1.01. The Bertz CT molecular complexity index is 204. The summed E-state index contributed by atoms with van der Waals surface area (Å²) in [5, 5.41) is 0. The molecule has 0 fully saturated rings. The first-order valence-corrected chi connectivity index (χ1v) is 5.64. The van der Waals surface area contributed by atoms with Crippen LogP contribution in [0.2, 0.25) is 0 Å². The van der Waals surface area contributed by atoms with E-state index in [-0.39, 0.29) is 0 Å². The summed E-state index contributed by atoms with van der Waals surface area (Å²) >= 11 is 0. The molecule has 0 aromatic rings. The molecule has 0 rings (SSSR count). The van der Waals surface area contributed by atoms with Gasteiger partial charge >= 0.3 is 9.53 Å². The van der Waals surface area contributed by atoms with E-state index < -0.39 is 27.1 Å². The van der Waals surface area contributed by atoms with Gasteiger partial charge in [-0.15, -0.1) is 0 Å². The van der Waals surface area contributed by atoms with Crippen molar-refractivity contribution in [2.75, 3.05) is 0 Å². The quantitative estimate of drug-likeness (QED) is 0.653. The van der Waals surface area contributed by atoms with Crippen LogP contribution < -0.4 is 0 Å². The monoisotopic (exact) mass is 220 g/mol. The summed E-state index contributed by atoms with van der Waals surface area (Å²) < 4.78 is 14.9. The maximum Gasteiger partial charge on any atom is 0.620 e. The summed E-state index contributed by atoms with van der Waals surface area (Å²) in [6.45, 7) is 7.87. The minimum atomic E-state index is -2.67. The zero-order valence-corrected chi connectivity index (χ0v) is 10.3. The van der Waals surface area contributed by atoms with Gasteiger partial charge in [-0.05, 0) is 20.8 Å². The van der Waals surface area contributed by atoms with Crippen molar-refractivity contribution in [1.29, 1.82) is 0 Å². The fraction of sp³-hybridized carbons (Fsp3) is 0.750. The number of carbonyl (C=O) groups is 2. The molecule has 0 aliphatic carbocycles. The summed E-state index contributed by atoms with van der Waals surface area (Å²) in [5.41, 5.74) is -0.498. The van der Waals surface area contributed by atoms with Crippen molar-refractivity contribution in [1.82, 2.24) is 0 Å². The first kappa shape index (κ1) is 13.1. The third kappa shape index (κ3) is 7.75. The van der Waals surface area contributed by atoms with Crippen LogP contribution in [-0.2, 0) is 22.9 Å². The molecule has 0 N–H and O–H groups in total. The predicted molar refractivity (Wildman–Crippen MR) is 51.5 cm³/mol. The molecule has 0 aromatic heterocycles. The van der Waals surface area contributed by atoms with Gasteiger partial charge < -0.3 is 13.3 Å². The Balaban J connectivity index is 4.24. The van der Waals surface area contributed by atoms with Crippen LogP contribution in [0.5, 0.6) is 0 Å². The van der Waals surface area contributed by atoms with E-state index >= 15 is 0 Å². The van der Waals surface area contributed by atoms with Gasteiger partial charge in [-0.2, -0.15) is 0 Å². The van der Waals surface area contributed by atoms with Gasteiger partial charge in [0.05, 0.1) is 5.60 Å². The molecule has 0 radical (unpaired) electrons. The number of rotatable bonds is 3.